The highest BCUT2D eigenvalue weighted by atomic mass is 32.1. The van der Waals surface area contributed by atoms with Gasteiger partial charge in [0.1, 0.15) is 0 Å². The minimum absolute atomic E-state index is 0.103. The second-order valence-electron chi connectivity index (χ2n) is 4.73. The molecule has 6 heteroatoms. The molecule has 112 valence electrons. The highest BCUT2D eigenvalue weighted by Gasteiger charge is 2.17. The Morgan fingerprint density at radius 1 is 1.43 bits per heavy atom. The maximum Gasteiger partial charge on any atom is 0.340 e. The molecule has 0 fully saturated rings. The maximum absolute atomic E-state index is 12.1. The first-order chi connectivity index (χ1) is 10.0. The average Bonchev–Trinajstić information content (AvgIpc) is 2.91. The number of ether oxygens (including phenoxy) is 1. The molecule has 0 amide bonds. The van der Waals surface area contributed by atoms with Crippen LogP contribution < -0.4 is 5.56 Å². The van der Waals surface area contributed by atoms with Gasteiger partial charge in [-0.3, -0.25) is 4.79 Å². The van der Waals surface area contributed by atoms with Crippen LogP contribution >= 0.6 is 11.3 Å². The van der Waals surface area contributed by atoms with Gasteiger partial charge in [0.05, 0.1) is 23.4 Å². The van der Waals surface area contributed by atoms with Gasteiger partial charge in [-0.25, -0.2) is 9.78 Å². The number of rotatable bonds is 5. The van der Waals surface area contributed by atoms with E-state index in [9.17, 15) is 9.59 Å². The van der Waals surface area contributed by atoms with E-state index in [1.54, 1.807) is 30.8 Å². The summed E-state index contributed by atoms with van der Waals surface area (Å²) in [5, 5.41) is 1.96. The SMILES string of the molecule is CCOC(=O)c1c(C)cc(=O)n(CCc2cscn2)c1C. The molecular weight excluding hydrogens is 288 g/mol. The van der Waals surface area contributed by atoms with Crippen molar-refractivity contribution >= 4 is 17.3 Å². The van der Waals surface area contributed by atoms with Gasteiger partial charge in [-0.2, -0.15) is 0 Å². The number of hydrogen-bond donors (Lipinski definition) is 0. The zero-order valence-corrected chi connectivity index (χ0v) is 13.2. The first kappa shape index (κ1) is 15.4. The predicted octanol–water partition coefficient (Wildman–Crippen LogP) is 2.34. The van der Waals surface area contributed by atoms with Crippen LogP contribution in [0.1, 0.15) is 34.2 Å². The van der Waals surface area contributed by atoms with Crippen molar-refractivity contribution in [2.24, 2.45) is 0 Å². The Bertz CT molecular complexity index is 690. The summed E-state index contributed by atoms with van der Waals surface area (Å²) in [6.07, 6.45) is 0.662. The quantitative estimate of drug-likeness (QED) is 0.796. The Labute approximate surface area is 127 Å². The van der Waals surface area contributed by atoms with Gasteiger partial charge in [0.25, 0.3) is 5.56 Å². The third kappa shape index (κ3) is 3.39. The topological polar surface area (TPSA) is 61.2 Å². The van der Waals surface area contributed by atoms with Gasteiger partial charge in [0.2, 0.25) is 0 Å². The van der Waals surface area contributed by atoms with Crippen molar-refractivity contribution in [3.8, 4) is 0 Å². The summed E-state index contributed by atoms with van der Waals surface area (Å²) in [6, 6.07) is 1.49. The van der Waals surface area contributed by atoms with Crippen LogP contribution in [0.2, 0.25) is 0 Å². The number of aryl methyl sites for hydroxylation is 2. The van der Waals surface area contributed by atoms with Crippen molar-refractivity contribution in [2.75, 3.05) is 6.61 Å². The Kier molecular flexibility index (Phi) is 4.90. The van der Waals surface area contributed by atoms with Crippen LogP contribution in [0.25, 0.3) is 0 Å². The molecule has 2 aromatic rings. The van der Waals surface area contributed by atoms with E-state index in [2.05, 4.69) is 4.98 Å². The smallest absolute Gasteiger partial charge is 0.340 e. The monoisotopic (exact) mass is 306 g/mol. The van der Waals surface area contributed by atoms with Gasteiger partial charge < -0.3 is 9.30 Å². The Balaban J connectivity index is 2.34. The van der Waals surface area contributed by atoms with E-state index in [0.29, 0.717) is 36.4 Å². The zero-order valence-electron chi connectivity index (χ0n) is 12.4. The van der Waals surface area contributed by atoms with Crippen molar-refractivity contribution in [2.45, 2.75) is 33.7 Å². The summed E-state index contributed by atoms with van der Waals surface area (Å²) < 4.78 is 6.68. The molecule has 5 nitrogen and oxygen atoms in total. The maximum atomic E-state index is 12.1. The fraction of sp³-hybridized carbons (Fsp3) is 0.400. The number of thiazole rings is 1. The number of aromatic nitrogens is 2. The lowest BCUT2D eigenvalue weighted by Crippen LogP contribution is -2.27. The summed E-state index contributed by atoms with van der Waals surface area (Å²) >= 11 is 1.53. The van der Waals surface area contributed by atoms with E-state index >= 15 is 0 Å². The van der Waals surface area contributed by atoms with E-state index in [1.807, 2.05) is 5.38 Å². The second kappa shape index (κ2) is 6.67. The van der Waals surface area contributed by atoms with E-state index in [4.69, 9.17) is 4.74 Å². The van der Waals surface area contributed by atoms with Crippen molar-refractivity contribution in [3.63, 3.8) is 0 Å². The number of pyridine rings is 1. The lowest BCUT2D eigenvalue weighted by molar-refractivity contribution is 0.0523. The fourth-order valence-electron chi connectivity index (χ4n) is 2.30. The first-order valence-electron chi connectivity index (χ1n) is 6.79. The Hall–Kier alpha value is -1.95. The molecule has 0 aliphatic heterocycles. The summed E-state index contributed by atoms with van der Waals surface area (Å²) in [6.45, 7) is 6.12. The largest absolute Gasteiger partial charge is 0.462 e. The van der Waals surface area contributed by atoms with Gasteiger partial charge in [-0.1, -0.05) is 0 Å². The molecule has 0 aromatic carbocycles. The second-order valence-corrected chi connectivity index (χ2v) is 5.45. The normalized spacial score (nSPS) is 10.6. The summed E-state index contributed by atoms with van der Waals surface area (Å²) in [4.78, 5) is 28.4. The molecule has 0 unspecified atom stereocenters. The van der Waals surface area contributed by atoms with E-state index in [-0.39, 0.29) is 11.5 Å². The molecule has 2 heterocycles. The minimum Gasteiger partial charge on any atom is -0.462 e. The lowest BCUT2D eigenvalue weighted by Gasteiger charge is -2.15. The molecule has 21 heavy (non-hydrogen) atoms. The van der Waals surface area contributed by atoms with Crippen LogP contribution in [-0.4, -0.2) is 22.1 Å². The molecule has 0 bridgehead atoms. The number of hydrogen-bond acceptors (Lipinski definition) is 5. The predicted molar refractivity (Wildman–Crippen MR) is 82.0 cm³/mol. The molecule has 0 saturated carbocycles. The molecular formula is C15H18N2O3S. The number of carbonyl (C=O) groups is 1. The standard InChI is InChI=1S/C15H18N2O3S/c1-4-20-15(19)14-10(2)7-13(18)17(11(14)3)6-5-12-8-21-9-16-12/h7-9H,4-6H2,1-3H3. The molecule has 0 spiro atoms. The van der Waals surface area contributed by atoms with Crippen LogP contribution in [0, 0.1) is 13.8 Å². The third-order valence-corrected chi connectivity index (χ3v) is 3.96. The van der Waals surface area contributed by atoms with Crippen LogP contribution in [0.15, 0.2) is 21.8 Å². The number of esters is 1. The highest BCUT2D eigenvalue weighted by Crippen LogP contribution is 2.14. The van der Waals surface area contributed by atoms with Crippen molar-refractivity contribution in [3.05, 3.63) is 49.8 Å². The summed E-state index contributed by atoms with van der Waals surface area (Å²) in [5.74, 6) is -0.380. The molecule has 0 aliphatic carbocycles. The minimum atomic E-state index is -0.380. The van der Waals surface area contributed by atoms with Gasteiger partial charge >= 0.3 is 5.97 Å². The Morgan fingerprint density at radius 2 is 2.19 bits per heavy atom. The van der Waals surface area contributed by atoms with E-state index in [0.717, 1.165) is 5.69 Å². The van der Waals surface area contributed by atoms with Gasteiger partial charge in [-0.15, -0.1) is 11.3 Å². The summed E-state index contributed by atoms with van der Waals surface area (Å²) in [5.41, 5.74) is 4.39. The zero-order chi connectivity index (χ0) is 15.4. The van der Waals surface area contributed by atoms with Crippen LogP contribution in [0.3, 0.4) is 0 Å². The molecule has 2 aromatic heterocycles. The van der Waals surface area contributed by atoms with Crippen molar-refractivity contribution in [1.29, 1.82) is 0 Å². The van der Waals surface area contributed by atoms with E-state index < -0.39 is 0 Å². The van der Waals surface area contributed by atoms with Crippen molar-refractivity contribution < 1.29 is 9.53 Å². The van der Waals surface area contributed by atoms with Crippen LogP contribution in [0.5, 0.6) is 0 Å². The fourth-order valence-corrected chi connectivity index (χ4v) is 2.89. The van der Waals surface area contributed by atoms with Crippen LogP contribution in [0.4, 0.5) is 0 Å². The molecule has 0 atom stereocenters. The highest BCUT2D eigenvalue weighted by molar-refractivity contribution is 7.07. The number of nitrogens with zero attached hydrogens (tertiary/aromatic N) is 2. The van der Waals surface area contributed by atoms with Crippen LogP contribution in [-0.2, 0) is 17.7 Å². The van der Waals surface area contributed by atoms with Gasteiger partial charge in [0, 0.05) is 30.1 Å². The molecule has 0 radical (unpaired) electrons. The number of carbonyl (C=O) groups excluding carboxylic acids is 1. The Morgan fingerprint density at radius 3 is 2.81 bits per heavy atom. The van der Waals surface area contributed by atoms with Crippen molar-refractivity contribution in [1.82, 2.24) is 9.55 Å². The average molecular weight is 306 g/mol. The molecule has 0 aliphatic rings. The third-order valence-electron chi connectivity index (χ3n) is 3.32. The first-order valence-corrected chi connectivity index (χ1v) is 7.74. The lowest BCUT2D eigenvalue weighted by atomic mass is 10.1. The molecule has 0 N–H and O–H groups in total. The van der Waals surface area contributed by atoms with E-state index in [1.165, 1.54) is 17.4 Å². The van der Waals surface area contributed by atoms with Gasteiger partial charge in [0.15, 0.2) is 0 Å². The molecule has 2 rings (SSSR count). The molecule has 0 saturated heterocycles. The van der Waals surface area contributed by atoms with Gasteiger partial charge in [-0.05, 0) is 26.3 Å². The summed E-state index contributed by atoms with van der Waals surface area (Å²) in [7, 11) is 0.